The maximum absolute atomic E-state index is 11.8. The Labute approximate surface area is 410 Å². The molecule has 19 atom stereocenters. The molecule has 12 nitrogen and oxygen atoms in total. The lowest BCUT2D eigenvalue weighted by Gasteiger charge is -2.62. The first-order chi connectivity index (χ1) is 31.3. The van der Waals surface area contributed by atoms with E-state index in [1.165, 1.54) is 19.4 Å². The van der Waals surface area contributed by atoms with Gasteiger partial charge in [0.1, 0.15) is 35.9 Å². The van der Waals surface area contributed by atoms with Crippen molar-refractivity contribution in [3.63, 3.8) is 0 Å². The molecule has 8 aliphatic rings. The first-order valence-electron chi connectivity index (χ1n) is 25.3. The van der Waals surface area contributed by atoms with E-state index in [0.717, 1.165) is 109 Å². The number of aliphatic hydroxyl groups excluding tert-OH is 4. The molecule has 66 heavy (non-hydrogen) atoms. The molecule has 7 saturated carbocycles. The van der Waals surface area contributed by atoms with E-state index in [1.807, 2.05) is 6.08 Å². The van der Waals surface area contributed by atoms with Crippen molar-refractivity contribution in [1.29, 1.82) is 0 Å². The minimum atomic E-state index is -0.584. The summed E-state index contributed by atoms with van der Waals surface area (Å²) in [6.07, 6.45) is 15.2. The fourth-order valence-electron chi connectivity index (χ4n) is 15.7. The molecule has 0 aromatic carbocycles. The number of esters is 2. The molecular weight excluding hydrogens is 976 g/mol. The van der Waals surface area contributed by atoms with Crippen molar-refractivity contribution in [3.8, 4) is 0 Å². The molecule has 374 valence electrons. The van der Waals surface area contributed by atoms with Gasteiger partial charge in [-0.15, -0.1) is 0 Å². The molecule has 0 saturated heterocycles. The van der Waals surface area contributed by atoms with Gasteiger partial charge >= 0.3 is 11.9 Å². The van der Waals surface area contributed by atoms with Crippen molar-refractivity contribution in [1.82, 2.24) is 0 Å². The molecule has 0 aromatic heterocycles. The summed E-state index contributed by atoms with van der Waals surface area (Å²) < 4.78 is 11.5. The Morgan fingerprint density at radius 2 is 1.21 bits per heavy atom. The molecule has 0 amide bonds. The van der Waals surface area contributed by atoms with E-state index in [9.17, 15) is 30.0 Å². The number of aliphatic hydroxyl groups is 4. The van der Waals surface area contributed by atoms with Crippen LogP contribution in [-0.2, 0) is 38.6 Å². The highest BCUT2D eigenvalue weighted by atomic mass is 79.9. The topological polar surface area (TPSA) is 170 Å². The van der Waals surface area contributed by atoms with E-state index >= 15 is 0 Å². The van der Waals surface area contributed by atoms with Crippen LogP contribution in [0, 0.1) is 63.1 Å². The quantitative estimate of drug-likeness (QED) is 0.0325. The van der Waals surface area contributed by atoms with Crippen LogP contribution in [0.25, 0.3) is 0 Å². The number of rotatable bonds is 14. The van der Waals surface area contributed by atoms with Crippen molar-refractivity contribution in [2.75, 3.05) is 13.2 Å². The SMILES string of the molecule is C=C(CCC)OO[C@H]1CC[C@@]2(C)C(=C[C@H](O)C3C4C[C@@H](Br)C(OC(C)=O)[C@@]4(CO)CCC32)C1.C=C(CCC)OO[C@H]1CC[C@@]2(C)C(C1)C[C@H](O)C1C2CC[C@@]2(CO)C1C[C@@H](Br)[C@@H]2OC(C)=O. The number of carbonyl (C=O) groups is 2. The van der Waals surface area contributed by atoms with Gasteiger partial charge in [-0.1, -0.05) is 84.4 Å². The second-order valence-electron chi connectivity index (χ2n) is 22.3. The van der Waals surface area contributed by atoms with Crippen LogP contribution in [-0.4, -0.2) is 91.9 Å². The number of fused-ring (bicyclic) bond motifs is 10. The minimum Gasteiger partial charge on any atom is -0.461 e. The summed E-state index contributed by atoms with van der Waals surface area (Å²) in [5.41, 5.74) is 0.412. The monoisotopic (exact) mass is 1050 g/mol. The highest BCUT2D eigenvalue weighted by molar-refractivity contribution is 9.09. The molecule has 0 bridgehead atoms. The first-order valence-corrected chi connectivity index (χ1v) is 27.1. The van der Waals surface area contributed by atoms with Crippen molar-refractivity contribution in [2.45, 2.75) is 197 Å². The van der Waals surface area contributed by atoms with Crippen LogP contribution in [0.15, 0.2) is 36.3 Å². The molecule has 8 unspecified atom stereocenters. The second kappa shape index (κ2) is 21.1. The minimum absolute atomic E-state index is 0.00682. The van der Waals surface area contributed by atoms with E-state index in [-0.39, 0.29) is 93.7 Å². The third-order valence-corrected chi connectivity index (χ3v) is 20.5. The lowest BCUT2D eigenvalue weighted by Crippen LogP contribution is -2.60. The molecule has 0 aliphatic heterocycles. The molecule has 0 heterocycles. The van der Waals surface area contributed by atoms with Gasteiger partial charge in [0, 0.05) is 37.5 Å². The fraction of sp³-hybridized carbons (Fsp3) is 0.846. The largest absolute Gasteiger partial charge is 0.461 e. The summed E-state index contributed by atoms with van der Waals surface area (Å²) in [7, 11) is 0. The number of ether oxygens (including phenoxy) is 2. The van der Waals surface area contributed by atoms with Gasteiger partial charge in [-0.3, -0.25) is 9.59 Å². The maximum atomic E-state index is 11.8. The van der Waals surface area contributed by atoms with Crippen molar-refractivity contribution >= 4 is 43.8 Å². The van der Waals surface area contributed by atoms with Gasteiger partial charge in [-0.25, -0.2) is 0 Å². The number of hydrogen-bond acceptors (Lipinski definition) is 12. The van der Waals surface area contributed by atoms with Crippen molar-refractivity contribution in [3.05, 3.63) is 36.3 Å². The Morgan fingerprint density at radius 3 is 1.74 bits per heavy atom. The summed E-state index contributed by atoms with van der Waals surface area (Å²) in [5, 5.41) is 44.0. The van der Waals surface area contributed by atoms with E-state index in [1.54, 1.807) is 0 Å². The van der Waals surface area contributed by atoms with Gasteiger partial charge in [0.05, 0.1) is 35.1 Å². The zero-order valence-electron chi connectivity index (χ0n) is 40.4. The number of alkyl halides is 2. The molecule has 4 N–H and O–H groups in total. The highest BCUT2D eigenvalue weighted by Gasteiger charge is 2.68. The van der Waals surface area contributed by atoms with Crippen molar-refractivity contribution in [2.24, 2.45) is 63.1 Å². The maximum Gasteiger partial charge on any atom is 0.302 e. The molecule has 14 heteroatoms. The summed E-state index contributed by atoms with van der Waals surface area (Å²) in [4.78, 5) is 46.0. The van der Waals surface area contributed by atoms with Crippen LogP contribution >= 0.6 is 31.9 Å². The van der Waals surface area contributed by atoms with Gasteiger partial charge in [0.2, 0.25) is 0 Å². The Morgan fingerprint density at radius 1 is 0.697 bits per heavy atom. The van der Waals surface area contributed by atoms with Crippen LogP contribution in [0.3, 0.4) is 0 Å². The number of carbonyl (C=O) groups excluding carboxylic acids is 2. The van der Waals surface area contributed by atoms with Gasteiger partial charge in [-0.05, 0) is 149 Å². The Kier molecular flexibility index (Phi) is 16.7. The predicted molar refractivity (Wildman–Crippen MR) is 256 cm³/mol. The summed E-state index contributed by atoms with van der Waals surface area (Å²) in [6.45, 7) is 19.6. The van der Waals surface area contributed by atoms with Crippen LogP contribution in [0.5, 0.6) is 0 Å². The van der Waals surface area contributed by atoms with Gasteiger partial charge in [-0.2, -0.15) is 9.78 Å². The number of halogens is 2. The predicted octanol–water partition coefficient (Wildman–Crippen LogP) is 9.74. The molecule has 0 aromatic rings. The van der Waals surface area contributed by atoms with Gasteiger partial charge in [0.15, 0.2) is 0 Å². The smallest absolute Gasteiger partial charge is 0.302 e. The lowest BCUT2D eigenvalue weighted by molar-refractivity contribution is -0.313. The Hall–Kier alpha value is -1.52. The van der Waals surface area contributed by atoms with E-state index in [2.05, 4.69) is 72.7 Å². The lowest BCUT2D eigenvalue weighted by atomic mass is 9.44. The average Bonchev–Trinajstić information content (AvgIpc) is 3.71. The normalized spacial score (nSPS) is 45.4. The van der Waals surface area contributed by atoms with Gasteiger partial charge < -0.3 is 39.7 Å². The molecule has 0 spiro atoms. The molecule has 8 rings (SSSR count). The zero-order chi connectivity index (χ0) is 47.9. The average molecular weight is 1060 g/mol. The standard InChI is InChI=1S/C26H41BrO6.C26H39BrO6/c2*1-5-6-15(2)32-33-18-7-9-25(4)17(11-18)12-22(30)23-19(25)8-10-26(14-28)20(23)13-21(27)24(26)31-16(3)29/h17-24,28,30H,2,5-14H2,1,3-4H3;12,18-24,28,30H,2,5-11,13-14H2,1,3-4H3/t17?,18-,19?,20?,21+,22-,23?,24-,25-,26+;18-,19?,20?,21+,22-,23?,24?,25-,26+/m00/s1. The van der Waals surface area contributed by atoms with E-state index in [4.69, 9.17) is 29.0 Å². The summed E-state index contributed by atoms with van der Waals surface area (Å²) in [5.74, 6) is 2.19. The Bertz CT molecular complexity index is 1790. The molecule has 8 aliphatic carbocycles. The molecular formula is C52H80Br2O12. The third kappa shape index (κ3) is 9.64. The van der Waals surface area contributed by atoms with Crippen molar-refractivity contribution < 1.29 is 59.0 Å². The first kappa shape index (κ1) is 52.3. The Balaban J connectivity index is 0.000000196. The van der Waals surface area contributed by atoms with E-state index in [0.29, 0.717) is 29.3 Å². The third-order valence-electron chi connectivity index (χ3n) is 18.8. The summed E-state index contributed by atoms with van der Waals surface area (Å²) >= 11 is 7.50. The van der Waals surface area contributed by atoms with Gasteiger partial charge in [0.25, 0.3) is 0 Å². The second-order valence-corrected chi connectivity index (χ2v) is 24.7. The molecule has 7 fully saturated rings. The number of allylic oxidation sites excluding steroid dienone is 2. The van der Waals surface area contributed by atoms with Crippen LogP contribution in [0.1, 0.15) is 151 Å². The van der Waals surface area contributed by atoms with Crippen LogP contribution < -0.4 is 0 Å². The fourth-order valence-corrected chi connectivity index (χ4v) is 17.8. The van der Waals surface area contributed by atoms with Crippen LogP contribution in [0.2, 0.25) is 0 Å². The number of hydrogen-bond donors (Lipinski definition) is 4. The van der Waals surface area contributed by atoms with Crippen LogP contribution in [0.4, 0.5) is 0 Å². The highest BCUT2D eigenvalue weighted by Crippen LogP contribution is 2.68. The van der Waals surface area contributed by atoms with E-state index < -0.39 is 23.0 Å². The zero-order valence-corrected chi connectivity index (χ0v) is 43.6. The summed E-state index contributed by atoms with van der Waals surface area (Å²) in [6, 6.07) is 0. The molecule has 0 radical (unpaired) electrons.